The lowest BCUT2D eigenvalue weighted by atomic mass is 9.95. The zero-order valence-electron chi connectivity index (χ0n) is 18.9. The molecule has 3 heteroatoms. The second kappa shape index (κ2) is 14.7. The minimum atomic E-state index is -0.423. The number of hydrogen-bond acceptors (Lipinski definition) is 2. The molecule has 0 saturated carbocycles. The summed E-state index contributed by atoms with van der Waals surface area (Å²) in [6.45, 7) is 4.49. The highest BCUT2D eigenvalue weighted by atomic mass is 16.6. The van der Waals surface area contributed by atoms with Gasteiger partial charge in [0, 0.05) is 5.69 Å². The van der Waals surface area contributed by atoms with Crippen molar-refractivity contribution in [2.24, 2.45) is 0 Å². The maximum atomic E-state index is 12.5. The van der Waals surface area contributed by atoms with Gasteiger partial charge in [0.1, 0.15) is 5.75 Å². The Bertz CT molecular complexity index is 727. The SMILES string of the molecule is CCCCCCCc1cccc(OC(=O)Nc2ccccc2)c1CCCCCCC. The van der Waals surface area contributed by atoms with Gasteiger partial charge in [-0.15, -0.1) is 0 Å². The fraction of sp³-hybridized carbons (Fsp3) is 0.519. The molecule has 0 aliphatic carbocycles. The summed E-state index contributed by atoms with van der Waals surface area (Å²) < 4.78 is 5.76. The van der Waals surface area contributed by atoms with E-state index >= 15 is 0 Å². The Morgan fingerprint density at radius 2 is 1.37 bits per heavy atom. The fourth-order valence-electron chi connectivity index (χ4n) is 3.81. The molecule has 0 unspecified atom stereocenters. The largest absolute Gasteiger partial charge is 0.417 e. The molecule has 0 aromatic heterocycles. The second-order valence-corrected chi connectivity index (χ2v) is 8.10. The van der Waals surface area contributed by atoms with E-state index in [2.05, 4.69) is 25.2 Å². The van der Waals surface area contributed by atoms with Gasteiger partial charge in [0.25, 0.3) is 0 Å². The number of amides is 1. The first-order chi connectivity index (χ1) is 14.7. The van der Waals surface area contributed by atoms with E-state index in [0.29, 0.717) is 5.75 Å². The molecule has 2 aromatic carbocycles. The number of nitrogens with one attached hydrogen (secondary N) is 1. The van der Waals surface area contributed by atoms with E-state index in [9.17, 15) is 4.79 Å². The van der Waals surface area contributed by atoms with Gasteiger partial charge in [-0.3, -0.25) is 5.32 Å². The predicted molar refractivity (Wildman–Crippen MR) is 127 cm³/mol. The number of carbonyl (C=O) groups is 1. The van der Waals surface area contributed by atoms with Crippen LogP contribution < -0.4 is 10.1 Å². The van der Waals surface area contributed by atoms with E-state index in [0.717, 1.165) is 24.9 Å². The van der Waals surface area contributed by atoms with E-state index < -0.39 is 6.09 Å². The van der Waals surface area contributed by atoms with Gasteiger partial charge in [0.2, 0.25) is 0 Å². The number of unbranched alkanes of at least 4 members (excludes halogenated alkanes) is 8. The minimum absolute atomic E-state index is 0.423. The van der Waals surface area contributed by atoms with Gasteiger partial charge in [-0.1, -0.05) is 95.5 Å². The molecule has 0 aliphatic heterocycles. The van der Waals surface area contributed by atoms with Crippen molar-refractivity contribution in [1.29, 1.82) is 0 Å². The summed E-state index contributed by atoms with van der Waals surface area (Å²) in [6, 6.07) is 15.6. The average molecular weight is 410 g/mol. The van der Waals surface area contributed by atoms with Crippen molar-refractivity contribution < 1.29 is 9.53 Å². The second-order valence-electron chi connectivity index (χ2n) is 8.10. The molecular formula is C27H39NO2. The van der Waals surface area contributed by atoms with Crippen molar-refractivity contribution in [1.82, 2.24) is 0 Å². The molecule has 3 nitrogen and oxygen atoms in total. The first-order valence-corrected chi connectivity index (χ1v) is 11.9. The number of benzene rings is 2. The van der Waals surface area contributed by atoms with Crippen LogP contribution in [0.1, 0.15) is 89.2 Å². The first-order valence-electron chi connectivity index (χ1n) is 11.9. The topological polar surface area (TPSA) is 38.3 Å². The molecule has 0 spiro atoms. The molecule has 1 amide bonds. The summed E-state index contributed by atoms with van der Waals surface area (Å²) in [5, 5.41) is 2.83. The molecule has 164 valence electrons. The number of rotatable bonds is 14. The Labute approximate surface area is 183 Å². The van der Waals surface area contributed by atoms with Crippen LogP contribution in [0.4, 0.5) is 10.5 Å². The van der Waals surface area contributed by atoms with Crippen LogP contribution in [-0.4, -0.2) is 6.09 Å². The highest BCUT2D eigenvalue weighted by Gasteiger charge is 2.13. The van der Waals surface area contributed by atoms with Crippen LogP contribution in [0.3, 0.4) is 0 Å². The van der Waals surface area contributed by atoms with Crippen molar-refractivity contribution in [3.8, 4) is 5.75 Å². The summed E-state index contributed by atoms with van der Waals surface area (Å²) in [5.41, 5.74) is 3.30. The molecule has 0 bridgehead atoms. The summed E-state index contributed by atoms with van der Waals surface area (Å²) in [4.78, 5) is 12.5. The molecule has 0 aliphatic rings. The van der Waals surface area contributed by atoms with Gasteiger partial charge in [0.15, 0.2) is 0 Å². The van der Waals surface area contributed by atoms with Crippen molar-refractivity contribution in [3.05, 3.63) is 59.7 Å². The van der Waals surface area contributed by atoms with Crippen LogP contribution in [-0.2, 0) is 12.8 Å². The normalized spacial score (nSPS) is 10.7. The molecule has 0 saturated heterocycles. The maximum Gasteiger partial charge on any atom is 0.417 e. The number of hydrogen-bond donors (Lipinski definition) is 1. The number of ether oxygens (including phenoxy) is 1. The standard InChI is InChI=1S/C27H39NO2/c1-3-5-7-9-12-17-23-18-16-22-26(25(23)21-15-10-8-6-4-2)30-27(29)28-24-19-13-11-14-20-24/h11,13-14,16,18-20,22H,3-10,12,15,17,21H2,1-2H3,(H,28,29). The maximum absolute atomic E-state index is 12.5. The van der Waals surface area contributed by atoms with E-state index in [1.165, 1.54) is 68.9 Å². The summed E-state index contributed by atoms with van der Waals surface area (Å²) in [7, 11) is 0. The van der Waals surface area contributed by atoms with Crippen LogP contribution in [0.5, 0.6) is 5.75 Å². The molecule has 2 rings (SSSR count). The van der Waals surface area contributed by atoms with E-state index in [4.69, 9.17) is 4.74 Å². The quantitative estimate of drug-likeness (QED) is 0.318. The first kappa shape index (κ1) is 24.0. The molecule has 0 atom stereocenters. The van der Waals surface area contributed by atoms with Crippen LogP contribution in [0.15, 0.2) is 48.5 Å². The third-order valence-electron chi connectivity index (χ3n) is 5.53. The third kappa shape index (κ3) is 9.02. The zero-order chi connectivity index (χ0) is 21.4. The average Bonchev–Trinajstić information content (AvgIpc) is 2.75. The summed E-state index contributed by atoms with van der Waals surface area (Å²) in [5.74, 6) is 0.713. The Balaban J connectivity index is 2.03. The van der Waals surface area contributed by atoms with Crippen molar-refractivity contribution in [3.63, 3.8) is 0 Å². The van der Waals surface area contributed by atoms with E-state index in [1.54, 1.807) is 0 Å². The van der Waals surface area contributed by atoms with Gasteiger partial charge >= 0.3 is 6.09 Å². The van der Waals surface area contributed by atoms with Crippen LogP contribution in [0, 0.1) is 0 Å². The van der Waals surface area contributed by atoms with E-state index in [-0.39, 0.29) is 0 Å². The van der Waals surface area contributed by atoms with Gasteiger partial charge < -0.3 is 4.74 Å². The molecule has 2 aromatic rings. The fourth-order valence-corrected chi connectivity index (χ4v) is 3.81. The van der Waals surface area contributed by atoms with Crippen molar-refractivity contribution in [2.45, 2.75) is 90.9 Å². The van der Waals surface area contributed by atoms with E-state index in [1.807, 2.05) is 42.5 Å². The predicted octanol–water partition coefficient (Wildman–Crippen LogP) is 8.32. The van der Waals surface area contributed by atoms with Crippen LogP contribution >= 0.6 is 0 Å². The Morgan fingerprint density at radius 1 is 0.733 bits per heavy atom. The Morgan fingerprint density at radius 3 is 2.03 bits per heavy atom. The monoisotopic (exact) mass is 409 g/mol. The summed E-state index contributed by atoms with van der Waals surface area (Å²) >= 11 is 0. The van der Waals surface area contributed by atoms with Gasteiger partial charge in [-0.05, 0) is 55.0 Å². The lowest BCUT2D eigenvalue weighted by Gasteiger charge is -2.15. The summed E-state index contributed by atoms with van der Waals surface area (Å²) in [6.07, 6.45) is 14.2. The van der Waals surface area contributed by atoms with Crippen molar-refractivity contribution >= 4 is 11.8 Å². The van der Waals surface area contributed by atoms with Crippen LogP contribution in [0.2, 0.25) is 0 Å². The highest BCUT2D eigenvalue weighted by molar-refractivity contribution is 5.86. The molecule has 0 radical (unpaired) electrons. The number of anilines is 1. The molecule has 30 heavy (non-hydrogen) atoms. The highest BCUT2D eigenvalue weighted by Crippen LogP contribution is 2.27. The number of carbonyl (C=O) groups excluding carboxylic acids is 1. The Kier molecular flexibility index (Phi) is 11.7. The number of para-hydroxylation sites is 1. The third-order valence-corrected chi connectivity index (χ3v) is 5.53. The lowest BCUT2D eigenvalue weighted by Crippen LogP contribution is -2.18. The minimum Gasteiger partial charge on any atom is -0.410 e. The smallest absolute Gasteiger partial charge is 0.410 e. The van der Waals surface area contributed by atoms with Crippen LogP contribution in [0.25, 0.3) is 0 Å². The molecule has 1 N–H and O–H groups in total. The van der Waals surface area contributed by atoms with Gasteiger partial charge in [-0.2, -0.15) is 0 Å². The lowest BCUT2D eigenvalue weighted by molar-refractivity contribution is 0.214. The van der Waals surface area contributed by atoms with Gasteiger partial charge in [-0.25, -0.2) is 4.79 Å². The molecule has 0 heterocycles. The molecule has 0 fully saturated rings. The number of aryl methyl sites for hydroxylation is 1. The van der Waals surface area contributed by atoms with Gasteiger partial charge in [0.05, 0.1) is 0 Å². The molecular weight excluding hydrogens is 370 g/mol. The zero-order valence-corrected chi connectivity index (χ0v) is 18.9. The van der Waals surface area contributed by atoms with Crippen molar-refractivity contribution in [2.75, 3.05) is 5.32 Å². The Hall–Kier alpha value is -2.29.